The Morgan fingerprint density at radius 2 is 1.68 bits per heavy atom. The van der Waals surface area contributed by atoms with Gasteiger partial charge in [-0.1, -0.05) is 81.8 Å². The maximum Gasteiger partial charge on any atom is 0.247 e. The lowest BCUT2D eigenvalue weighted by atomic mass is 9.81. The number of nitrogens with one attached hydrogen (secondary N) is 2. The summed E-state index contributed by atoms with van der Waals surface area (Å²) in [6.45, 7) is 7.05. The Morgan fingerprint density at radius 1 is 0.927 bits per heavy atom. The summed E-state index contributed by atoms with van der Waals surface area (Å²) in [5.74, 6) is -2.03. The van der Waals surface area contributed by atoms with E-state index in [4.69, 9.17) is 0 Å². The van der Waals surface area contributed by atoms with Crippen molar-refractivity contribution in [2.24, 2.45) is 17.8 Å². The van der Waals surface area contributed by atoms with Gasteiger partial charge in [-0.15, -0.1) is 0 Å². The van der Waals surface area contributed by atoms with Gasteiger partial charge in [-0.2, -0.15) is 0 Å². The number of benzene rings is 3. The normalized spacial score (nSPS) is 17.2. The average molecular weight is 558 g/mol. The number of rotatable bonds is 11. The molecule has 0 spiro atoms. The number of hydrogen-bond acceptors (Lipinski definition) is 4. The maximum absolute atomic E-state index is 13.7. The van der Waals surface area contributed by atoms with Crippen LogP contribution in [0.2, 0.25) is 0 Å². The van der Waals surface area contributed by atoms with Crippen LogP contribution in [0.25, 0.3) is 21.9 Å². The second-order valence-electron chi connectivity index (χ2n) is 11.7. The molecule has 218 valence electrons. The molecule has 1 aliphatic heterocycles. The molecule has 1 heterocycles. The first-order valence-electron chi connectivity index (χ1n) is 14.9. The summed E-state index contributed by atoms with van der Waals surface area (Å²) in [6, 6.07) is 22.4. The van der Waals surface area contributed by atoms with Crippen LogP contribution in [0.15, 0.2) is 66.7 Å². The Balaban J connectivity index is 1.50. The van der Waals surface area contributed by atoms with Crippen LogP contribution in [0.5, 0.6) is 0 Å². The van der Waals surface area contributed by atoms with E-state index in [2.05, 4.69) is 47.8 Å². The number of hydrogen-bond donors (Lipinski definition) is 3. The highest BCUT2D eigenvalue weighted by Gasteiger charge is 2.36. The Labute approximate surface area is 243 Å². The van der Waals surface area contributed by atoms with Crippen LogP contribution in [-0.2, 0) is 20.9 Å². The van der Waals surface area contributed by atoms with Crippen molar-refractivity contribution in [1.29, 1.82) is 0 Å². The number of likely N-dealkylation sites (tertiary alicyclic amines) is 1. The summed E-state index contributed by atoms with van der Waals surface area (Å²) < 4.78 is 0. The van der Waals surface area contributed by atoms with E-state index in [1.165, 1.54) is 10.8 Å². The minimum Gasteiger partial charge on any atom is -0.344 e. The molecule has 1 aliphatic rings. The van der Waals surface area contributed by atoms with Crippen LogP contribution in [0, 0.1) is 17.8 Å². The first kappa shape index (κ1) is 30.3. The predicted molar refractivity (Wildman–Crippen MR) is 162 cm³/mol. The Hall–Kier alpha value is -3.71. The Morgan fingerprint density at radius 3 is 2.41 bits per heavy atom. The summed E-state index contributed by atoms with van der Waals surface area (Å²) in [4.78, 5) is 41.6. The molecule has 3 amide bonds. The van der Waals surface area contributed by atoms with Gasteiger partial charge in [0.1, 0.15) is 6.04 Å². The first-order chi connectivity index (χ1) is 19.8. The molecule has 0 aliphatic carbocycles. The van der Waals surface area contributed by atoms with Crippen molar-refractivity contribution in [2.75, 3.05) is 6.54 Å². The van der Waals surface area contributed by atoms with Crippen LogP contribution in [0.4, 0.5) is 0 Å². The van der Waals surface area contributed by atoms with E-state index in [1.54, 1.807) is 5.48 Å². The van der Waals surface area contributed by atoms with Crippen LogP contribution in [-0.4, -0.2) is 40.4 Å². The fourth-order valence-corrected chi connectivity index (χ4v) is 5.98. The zero-order valence-corrected chi connectivity index (χ0v) is 24.4. The molecular formula is C34H43N3O4. The third kappa shape index (κ3) is 7.73. The smallest absolute Gasteiger partial charge is 0.247 e. The Kier molecular flexibility index (Phi) is 10.5. The van der Waals surface area contributed by atoms with Gasteiger partial charge in [0.05, 0.1) is 5.92 Å². The van der Waals surface area contributed by atoms with E-state index in [0.29, 0.717) is 38.8 Å². The van der Waals surface area contributed by atoms with Gasteiger partial charge in [0.25, 0.3) is 0 Å². The zero-order chi connectivity index (χ0) is 29.4. The quantitative estimate of drug-likeness (QED) is 0.196. The minimum absolute atomic E-state index is 0.0890. The molecule has 3 N–H and O–H groups in total. The average Bonchev–Trinajstić information content (AvgIpc) is 3.14. The lowest BCUT2D eigenvalue weighted by Crippen LogP contribution is -2.51. The zero-order valence-electron chi connectivity index (χ0n) is 24.4. The maximum atomic E-state index is 13.7. The number of amides is 3. The summed E-state index contributed by atoms with van der Waals surface area (Å²) >= 11 is 0. The number of hydroxylamine groups is 1. The molecule has 3 aromatic carbocycles. The topological polar surface area (TPSA) is 98.7 Å². The van der Waals surface area contributed by atoms with Crippen molar-refractivity contribution >= 4 is 28.5 Å². The number of carbonyl (C=O) groups excluding carboxylic acids is 3. The van der Waals surface area contributed by atoms with Crippen molar-refractivity contribution in [3.8, 4) is 11.1 Å². The SMILES string of the molecule is CCC[C@H](C(=O)NO)C(CC(C)C)C(=O)N[C@H]1CCCCN(Cc2cccc(-c3ccc4ccccc4c3)c2)C1=O. The summed E-state index contributed by atoms with van der Waals surface area (Å²) in [5.41, 5.74) is 5.01. The van der Waals surface area contributed by atoms with Gasteiger partial charge in [0, 0.05) is 19.0 Å². The van der Waals surface area contributed by atoms with Crippen LogP contribution in [0.1, 0.15) is 64.9 Å². The third-order valence-electron chi connectivity index (χ3n) is 8.07. The second-order valence-corrected chi connectivity index (χ2v) is 11.7. The highest BCUT2D eigenvalue weighted by atomic mass is 16.5. The van der Waals surface area contributed by atoms with Gasteiger partial charge < -0.3 is 10.2 Å². The predicted octanol–water partition coefficient (Wildman–Crippen LogP) is 6.09. The summed E-state index contributed by atoms with van der Waals surface area (Å²) in [6.07, 6.45) is 3.94. The van der Waals surface area contributed by atoms with Crippen molar-refractivity contribution < 1.29 is 19.6 Å². The van der Waals surface area contributed by atoms with Gasteiger partial charge >= 0.3 is 0 Å². The molecule has 3 atom stereocenters. The molecule has 0 bridgehead atoms. The molecular weight excluding hydrogens is 514 g/mol. The van der Waals surface area contributed by atoms with E-state index >= 15 is 0 Å². The Bertz CT molecular complexity index is 1350. The molecule has 3 aromatic rings. The fourth-order valence-electron chi connectivity index (χ4n) is 5.98. The fraction of sp³-hybridized carbons (Fsp3) is 0.441. The van der Waals surface area contributed by atoms with Gasteiger partial charge in [-0.25, -0.2) is 5.48 Å². The number of carbonyl (C=O) groups is 3. The molecule has 0 aromatic heterocycles. The van der Waals surface area contributed by atoms with Crippen molar-refractivity contribution in [2.45, 2.75) is 71.9 Å². The molecule has 4 rings (SSSR count). The monoisotopic (exact) mass is 557 g/mol. The summed E-state index contributed by atoms with van der Waals surface area (Å²) in [5, 5.41) is 14.7. The summed E-state index contributed by atoms with van der Waals surface area (Å²) in [7, 11) is 0. The van der Waals surface area contributed by atoms with Gasteiger partial charge in [0.2, 0.25) is 17.7 Å². The van der Waals surface area contributed by atoms with Crippen LogP contribution >= 0.6 is 0 Å². The second kappa shape index (κ2) is 14.3. The standard InChI is InChI=1S/C34H43N3O4/c1-4-10-29(33(39)36-41)30(19-23(2)3)32(38)35-31-15-7-8-18-37(34(31)40)22-24-11-9-14-26(20-24)28-17-16-25-12-5-6-13-27(25)21-28/h5-6,9,11-14,16-17,20-21,23,29-31,41H,4,7-8,10,15,18-19,22H2,1-3H3,(H,35,38)(H,36,39)/t29-,30?,31-/m0/s1. The highest BCUT2D eigenvalue weighted by Crippen LogP contribution is 2.28. The van der Waals surface area contributed by atoms with Crippen molar-refractivity contribution in [3.05, 3.63) is 72.3 Å². The van der Waals surface area contributed by atoms with E-state index in [0.717, 1.165) is 29.5 Å². The van der Waals surface area contributed by atoms with Crippen LogP contribution in [0.3, 0.4) is 0 Å². The highest BCUT2D eigenvalue weighted by molar-refractivity contribution is 5.91. The number of fused-ring (bicyclic) bond motifs is 1. The molecule has 1 fully saturated rings. The largest absolute Gasteiger partial charge is 0.344 e. The van der Waals surface area contributed by atoms with Crippen molar-refractivity contribution in [1.82, 2.24) is 15.7 Å². The van der Waals surface area contributed by atoms with E-state index in [-0.39, 0.29) is 17.7 Å². The third-order valence-corrected chi connectivity index (χ3v) is 8.07. The lowest BCUT2D eigenvalue weighted by molar-refractivity contribution is -0.143. The van der Waals surface area contributed by atoms with E-state index in [1.807, 2.05) is 49.9 Å². The first-order valence-corrected chi connectivity index (χ1v) is 14.9. The van der Waals surface area contributed by atoms with Gasteiger partial charge in [-0.05, 0) is 77.6 Å². The van der Waals surface area contributed by atoms with Crippen LogP contribution < -0.4 is 10.8 Å². The molecule has 0 radical (unpaired) electrons. The molecule has 7 nitrogen and oxygen atoms in total. The molecule has 1 saturated heterocycles. The van der Waals surface area contributed by atoms with Gasteiger partial charge in [0.15, 0.2) is 0 Å². The molecule has 41 heavy (non-hydrogen) atoms. The van der Waals surface area contributed by atoms with E-state index < -0.39 is 23.8 Å². The minimum atomic E-state index is -0.651. The lowest BCUT2D eigenvalue weighted by Gasteiger charge is -2.29. The van der Waals surface area contributed by atoms with Crippen molar-refractivity contribution in [3.63, 3.8) is 0 Å². The van der Waals surface area contributed by atoms with Gasteiger partial charge in [-0.3, -0.25) is 19.6 Å². The molecule has 1 unspecified atom stereocenters. The number of nitrogens with zero attached hydrogens (tertiary/aromatic N) is 1. The molecule has 7 heteroatoms. The molecule has 0 saturated carbocycles. The van der Waals surface area contributed by atoms with E-state index in [9.17, 15) is 19.6 Å².